The van der Waals surface area contributed by atoms with Gasteiger partial charge in [0.2, 0.25) is 0 Å². The topological polar surface area (TPSA) is 29.3 Å². The minimum atomic E-state index is -4.31. The van der Waals surface area contributed by atoms with E-state index in [1.165, 1.54) is 25.3 Å². The van der Waals surface area contributed by atoms with Gasteiger partial charge in [-0.25, -0.2) is 0 Å². The Balaban J connectivity index is 2.24. The number of nitrogens with zero attached hydrogens (tertiary/aromatic N) is 1. The van der Waals surface area contributed by atoms with Gasteiger partial charge in [-0.2, -0.15) is 13.2 Å². The molecule has 112 valence electrons. The molecule has 0 bridgehead atoms. The van der Waals surface area contributed by atoms with E-state index in [1.807, 2.05) is 6.92 Å². The molecule has 0 unspecified atom stereocenters. The maximum Gasteiger partial charge on any atom is 0.416 e. The number of rotatable bonds is 5. The van der Waals surface area contributed by atoms with Crippen molar-refractivity contribution in [3.63, 3.8) is 0 Å². The van der Waals surface area contributed by atoms with Crippen molar-refractivity contribution in [1.29, 1.82) is 0 Å². The smallest absolute Gasteiger partial charge is 0.371 e. The molecule has 0 spiro atoms. The summed E-state index contributed by atoms with van der Waals surface area (Å²) in [4.78, 5) is 2.15. The molecule has 0 amide bonds. The van der Waals surface area contributed by atoms with Gasteiger partial charge >= 0.3 is 6.18 Å². The third kappa shape index (κ3) is 3.26. The highest BCUT2D eigenvalue weighted by molar-refractivity contribution is 5.55. The van der Waals surface area contributed by atoms with E-state index in [4.69, 9.17) is 5.73 Å². The van der Waals surface area contributed by atoms with Crippen LogP contribution in [0.2, 0.25) is 0 Å². The van der Waals surface area contributed by atoms with Crippen LogP contribution in [0.1, 0.15) is 37.3 Å². The Hall–Kier alpha value is -1.23. The number of alkyl halides is 3. The summed E-state index contributed by atoms with van der Waals surface area (Å²) in [6.45, 7) is 3.85. The van der Waals surface area contributed by atoms with Crippen LogP contribution >= 0.6 is 0 Å². The van der Waals surface area contributed by atoms with Crippen LogP contribution in [0.5, 0.6) is 0 Å². The second kappa shape index (κ2) is 6.04. The maximum absolute atomic E-state index is 12.7. The van der Waals surface area contributed by atoms with Gasteiger partial charge in [0.25, 0.3) is 0 Å². The van der Waals surface area contributed by atoms with Crippen molar-refractivity contribution >= 4 is 5.69 Å². The summed E-state index contributed by atoms with van der Waals surface area (Å²) in [6.07, 6.45) is -0.614. The van der Waals surface area contributed by atoms with Crippen LogP contribution in [-0.4, -0.2) is 13.1 Å². The molecule has 20 heavy (non-hydrogen) atoms. The van der Waals surface area contributed by atoms with Crippen molar-refractivity contribution in [1.82, 2.24) is 0 Å². The maximum atomic E-state index is 12.7. The summed E-state index contributed by atoms with van der Waals surface area (Å²) < 4.78 is 38.2. The summed E-state index contributed by atoms with van der Waals surface area (Å²) in [6, 6.07) is 3.89. The molecule has 0 atom stereocenters. The summed E-state index contributed by atoms with van der Waals surface area (Å²) in [5, 5.41) is 0. The normalized spacial score (nSPS) is 16.1. The zero-order valence-electron chi connectivity index (χ0n) is 11.7. The summed E-state index contributed by atoms with van der Waals surface area (Å²) >= 11 is 0. The van der Waals surface area contributed by atoms with Crippen molar-refractivity contribution in [3.05, 3.63) is 29.3 Å². The third-order valence-corrected chi connectivity index (χ3v) is 4.05. The lowest BCUT2D eigenvalue weighted by Crippen LogP contribution is -2.33. The van der Waals surface area contributed by atoms with Gasteiger partial charge in [-0.3, -0.25) is 0 Å². The van der Waals surface area contributed by atoms with Crippen LogP contribution in [0.15, 0.2) is 18.2 Å². The van der Waals surface area contributed by atoms with Crippen molar-refractivity contribution < 1.29 is 13.2 Å². The Morgan fingerprint density at radius 3 is 2.45 bits per heavy atom. The van der Waals surface area contributed by atoms with Crippen LogP contribution < -0.4 is 10.6 Å². The average molecular weight is 286 g/mol. The number of halogens is 3. The molecule has 0 heterocycles. The first-order chi connectivity index (χ1) is 9.45. The highest BCUT2D eigenvalue weighted by Gasteiger charge is 2.31. The molecule has 1 aromatic carbocycles. The van der Waals surface area contributed by atoms with Gasteiger partial charge < -0.3 is 10.6 Å². The first-order valence-electron chi connectivity index (χ1n) is 7.10. The first kappa shape index (κ1) is 15.2. The van der Waals surface area contributed by atoms with Gasteiger partial charge in [0.1, 0.15) is 0 Å². The Bertz CT molecular complexity index is 453. The molecule has 2 rings (SSSR count). The van der Waals surface area contributed by atoms with E-state index in [-0.39, 0.29) is 6.54 Å². The minimum Gasteiger partial charge on any atom is -0.371 e. The number of benzene rings is 1. The van der Waals surface area contributed by atoms with Crippen molar-refractivity contribution in [3.8, 4) is 0 Å². The number of nitrogens with two attached hydrogens (primary N) is 1. The lowest BCUT2D eigenvalue weighted by Gasteiger charge is -2.34. The van der Waals surface area contributed by atoms with Gasteiger partial charge in [-0.15, -0.1) is 0 Å². The molecule has 1 aromatic rings. The highest BCUT2D eigenvalue weighted by Crippen LogP contribution is 2.34. The van der Waals surface area contributed by atoms with Crippen LogP contribution in [-0.2, 0) is 12.7 Å². The second-order valence-electron chi connectivity index (χ2n) is 5.38. The van der Waals surface area contributed by atoms with E-state index in [9.17, 15) is 13.2 Å². The van der Waals surface area contributed by atoms with Crippen LogP contribution in [0.25, 0.3) is 0 Å². The fraction of sp³-hybridized carbons (Fsp3) is 0.600. The van der Waals surface area contributed by atoms with Gasteiger partial charge in [0, 0.05) is 25.3 Å². The Morgan fingerprint density at radius 2 is 2.00 bits per heavy atom. The summed E-state index contributed by atoms with van der Waals surface area (Å²) in [5.41, 5.74) is 6.43. The van der Waals surface area contributed by atoms with Crippen LogP contribution in [0.3, 0.4) is 0 Å². The summed E-state index contributed by atoms with van der Waals surface area (Å²) in [5.74, 6) is 0.669. The Kier molecular flexibility index (Phi) is 4.58. The quantitative estimate of drug-likeness (QED) is 0.892. The fourth-order valence-electron chi connectivity index (χ4n) is 2.62. The average Bonchev–Trinajstić information content (AvgIpc) is 2.36. The fourth-order valence-corrected chi connectivity index (χ4v) is 2.62. The van der Waals surface area contributed by atoms with E-state index in [0.29, 0.717) is 11.5 Å². The third-order valence-electron chi connectivity index (χ3n) is 4.05. The van der Waals surface area contributed by atoms with E-state index in [2.05, 4.69) is 4.90 Å². The molecule has 1 fully saturated rings. The lowest BCUT2D eigenvalue weighted by atomic mass is 9.85. The Morgan fingerprint density at radius 1 is 1.30 bits per heavy atom. The standard InChI is InChI=1S/C15H21F3N2/c1-2-20(10-11-4-3-5-11)14-7-6-13(15(16,17)18)8-12(14)9-19/h6-8,11H,2-5,9-10,19H2,1H3. The monoisotopic (exact) mass is 286 g/mol. The molecule has 2 nitrogen and oxygen atoms in total. The molecule has 0 radical (unpaired) electrons. The predicted molar refractivity (Wildman–Crippen MR) is 74.6 cm³/mol. The lowest BCUT2D eigenvalue weighted by molar-refractivity contribution is -0.137. The number of hydrogen-bond acceptors (Lipinski definition) is 2. The summed E-state index contributed by atoms with van der Waals surface area (Å²) in [7, 11) is 0. The largest absolute Gasteiger partial charge is 0.416 e. The minimum absolute atomic E-state index is 0.125. The van der Waals surface area contributed by atoms with E-state index < -0.39 is 11.7 Å². The zero-order chi connectivity index (χ0) is 14.8. The molecule has 2 N–H and O–H groups in total. The van der Waals surface area contributed by atoms with Crippen LogP contribution in [0.4, 0.5) is 18.9 Å². The van der Waals surface area contributed by atoms with Gasteiger partial charge in [0.05, 0.1) is 5.56 Å². The highest BCUT2D eigenvalue weighted by atomic mass is 19.4. The molecule has 1 aliphatic rings. The zero-order valence-corrected chi connectivity index (χ0v) is 11.7. The SMILES string of the molecule is CCN(CC1CCC1)c1ccc(C(F)(F)F)cc1CN. The molecular weight excluding hydrogens is 265 g/mol. The molecule has 0 aliphatic heterocycles. The second-order valence-corrected chi connectivity index (χ2v) is 5.38. The number of hydrogen-bond donors (Lipinski definition) is 1. The Labute approximate surface area is 117 Å². The predicted octanol–water partition coefficient (Wildman–Crippen LogP) is 3.79. The van der Waals surface area contributed by atoms with Crippen molar-refractivity contribution in [2.24, 2.45) is 11.7 Å². The van der Waals surface area contributed by atoms with E-state index >= 15 is 0 Å². The molecule has 0 aromatic heterocycles. The van der Waals surface area contributed by atoms with E-state index in [1.54, 1.807) is 6.07 Å². The van der Waals surface area contributed by atoms with E-state index in [0.717, 1.165) is 24.8 Å². The van der Waals surface area contributed by atoms with Gasteiger partial charge in [0.15, 0.2) is 0 Å². The van der Waals surface area contributed by atoms with Crippen molar-refractivity contribution in [2.45, 2.75) is 38.9 Å². The number of anilines is 1. The van der Waals surface area contributed by atoms with Crippen molar-refractivity contribution in [2.75, 3.05) is 18.0 Å². The molecule has 5 heteroatoms. The first-order valence-corrected chi connectivity index (χ1v) is 7.10. The molecule has 1 aliphatic carbocycles. The van der Waals surface area contributed by atoms with Crippen LogP contribution in [0, 0.1) is 5.92 Å². The van der Waals surface area contributed by atoms with Gasteiger partial charge in [-0.1, -0.05) is 6.42 Å². The molecule has 1 saturated carbocycles. The van der Waals surface area contributed by atoms with Gasteiger partial charge in [-0.05, 0) is 49.4 Å². The molecular formula is C15H21F3N2. The molecule has 0 saturated heterocycles.